The smallest absolute Gasteiger partial charge is 0.243 e. The first-order valence-corrected chi connectivity index (χ1v) is 7.67. The Balaban J connectivity index is 2.29. The number of nitrogens with one attached hydrogen (secondary N) is 1. The lowest BCUT2D eigenvalue weighted by Gasteiger charge is -2.09. The highest BCUT2D eigenvalue weighted by Gasteiger charge is 2.21. The molecule has 0 saturated carbocycles. The Labute approximate surface area is 122 Å². The highest BCUT2D eigenvalue weighted by molar-refractivity contribution is 7.89. The van der Waals surface area contributed by atoms with Gasteiger partial charge in [-0.05, 0) is 38.5 Å². The van der Waals surface area contributed by atoms with Gasteiger partial charge in [0.25, 0.3) is 0 Å². The summed E-state index contributed by atoms with van der Waals surface area (Å²) < 4.78 is 45.5. The van der Waals surface area contributed by atoms with Gasteiger partial charge >= 0.3 is 0 Å². The molecule has 1 aromatic carbocycles. The number of aryl methyl sites for hydroxylation is 3. The second-order valence-corrected chi connectivity index (χ2v) is 6.50. The van der Waals surface area contributed by atoms with Crippen molar-refractivity contribution in [1.82, 2.24) is 9.88 Å². The monoisotopic (exact) mass is 313 g/mol. The Bertz CT molecular complexity index is 765. The number of nitrogens with zero attached hydrogens (tertiary/aromatic N) is 1. The predicted octanol–water partition coefficient (Wildman–Crippen LogP) is 1.80. The standard InChI is InChI=1S/C13H16FN3O3S/c1-7-4-11(14)13(5-12(7)15)21(18,19)16-6-10-8(2)17-20-9(10)3/h4-5,16H,6,15H2,1-3H3. The molecule has 0 unspecified atom stereocenters. The summed E-state index contributed by atoms with van der Waals surface area (Å²) in [6.45, 7) is 4.95. The molecule has 0 atom stereocenters. The van der Waals surface area contributed by atoms with Crippen LogP contribution in [0.2, 0.25) is 0 Å². The minimum atomic E-state index is -4.01. The minimum Gasteiger partial charge on any atom is -0.398 e. The minimum absolute atomic E-state index is 0.0310. The van der Waals surface area contributed by atoms with E-state index >= 15 is 0 Å². The highest BCUT2D eigenvalue weighted by atomic mass is 32.2. The van der Waals surface area contributed by atoms with Crippen molar-refractivity contribution in [3.05, 3.63) is 40.5 Å². The van der Waals surface area contributed by atoms with E-state index in [4.69, 9.17) is 10.3 Å². The third-order valence-electron chi connectivity index (χ3n) is 3.23. The molecule has 0 fully saturated rings. The number of rotatable bonds is 4. The van der Waals surface area contributed by atoms with Crippen molar-refractivity contribution in [3.63, 3.8) is 0 Å². The van der Waals surface area contributed by atoms with Crippen LogP contribution in [0.1, 0.15) is 22.6 Å². The van der Waals surface area contributed by atoms with Gasteiger partial charge in [0.15, 0.2) is 0 Å². The number of sulfonamides is 1. The zero-order chi connectivity index (χ0) is 15.8. The van der Waals surface area contributed by atoms with Crippen LogP contribution < -0.4 is 10.5 Å². The molecule has 114 valence electrons. The summed E-state index contributed by atoms with van der Waals surface area (Å²) >= 11 is 0. The number of benzene rings is 1. The first kappa shape index (κ1) is 15.5. The molecule has 21 heavy (non-hydrogen) atoms. The van der Waals surface area contributed by atoms with Crippen molar-refractivity contribution in [2.45, 2.75) is 32.2 Å². The zero-order valence-electron chi connectivity index (χ0n) is 11.9. The van der Waals surface area contributed by atoms with E-state index < -0.39 is 20.7 Å². The van der Waals surface area contributed by atoms with Crippen molar-refractivity contribution in [2.24, 2.45) is 0 Å². The topological polar surface area (TPSA) is 98.2 Å². The molecule has 0 aliphatic carbocycles. The fraction of sp³-hybridized carbons (Fsp3) is 0.308. The van der Waals surface area contributed by atoms with Gasteiger partial charge in [0, 0.05) is 17.8 Å². The van der Waals surface area contributed by atoms with Gasteiger partial charge in [0.2, 0.25) is 10.0 Å². The van der Waals surface area contributed by atoms with E-state index in [1.54, 1.807) is 20.8 Å². The van der Waals surface area contributed by atoms with E-state index in [2.05, 4.69) is 9.88 Å². The lowest BCUT2D eigenvalue weighted by atomic mass is 10.2. The van der Waals surface area contributed by atoms with Crippen LogP contribution >= 0.6 is 0 Å². The fourth-order valence-electron chi connectivity index (χ4n) is 1.87. The molecular weight excluding hydrogens is 297 g/mol. The molecule has 0 aliphatic heterocycles. The molecule has 2 aromatic rings. The van der Waals surface area contributed by atoms with Crippen LogP contribution in [0, 0.1) is 26.6 Å². The molecule has 3 N–H and O–H groups in total. The summed E-state index contributed by atoms with van der Waals surface area (Å²) in [4.78, 5) is -0.475. The van der Waals surface area contributed by atoms with Crippen LogP contribution in [0.25, 0.3) is 0 Å². The van der Waals surface area contributed by atoms with Gasteiger partial charge in [0.1, 0.15) is 16.5 Å². The number of halogens is 1. The van der Waals surface area contributed by atoms with Crippen LogP contribution in [-0.2, 0) is 16.6 Å². The summed E-state index contributed by atoms with van der Waals surface area (Å²) in [6, 6.07) is 2.21. The molecular formula is C13H16FN3O3S. The maximum atomic E-state index is 13.8. The number of anilines is 1. The largest absolute Gasteiger partial charge is 0.398 e. The number of hydrogen-bond acceptors (Lipinski definition) is 5. The number of nitrogen functional groups attached to an aromatic ring is 1. The molecule has 0 radical (unpaired) electrons. The van der Waals surface area contributed by atoms with Gasteiger partial charge in [-0.3, -0.25) is 0 Å². The van der Waals surface area contributed by atoms with E-state index in [-0.39, 0.29) is 12.2 Å². The average molecular weight is 313 g/mol. The Morgan fingerprint density at radius 1 is 1.33 bits per heavy atom. The quantitative estimate of drug-likeness (QED) is 0.839. The molecule has 0 aliphatic rings. The Morgan fingerprint density at radius 3 is 2.57 bits per heavy atom. The molecule has 2 rings (SSSR count). The SMILES string of the molecule is Cc1cc(F)c(S(=O)(=O)NCc2c(C)noc2C)cc1N. The van der Waals surface area contributed by atoms with Crippen molar-refractivity contribution in [3.8, 4) is 0 Å². The van der Waals surface area contributed by atoms with E-state index in [1.807, 2.05) is 0 Å². The van der Waals surface area contributed by atoms with E-state index in [9.17, 15) is 12.8 Å². The van der Waals surface area contributed by atoms with E-state index in [0.717, 1.165) is 12.1 Å². The third kappa shape index (κ3) is 3.06. The fourth-order valence-corrected chi connectivity index (χ4v) is 2.96. The van der Waals surface area contributed by atoms with Crippen molar-refractivity contribution in [1.29, 1.82) is 0 Å². The van der Waals surface area contributed by atoms with E-state index in [1.165, 1.54) is 0 Å². The molecule has 6 nitrogen and oxygen atoms in total. The lowest BCUT2D eigenvalue weighted by Crippen LogP contribution is -2.25. The number of nitrogens with two attached hydrogens (primary N) is 1. The molecule has 0 bridgehead atoms. The predicted molar refractivity (Wildman–Crippen MR) is 75.6 cm³/mol. The van der Waals surface area contributed by atoms with Gasteiger partial charge in [-0.15, -0.1) is 0 Å². The van der Waals surface area contributed by atoms with Crippen LogP contribution in [0.5, 0.6) is 0 Å². The number of aromatic nitrogens is 1. The van der Waals surface area contributed by atoms with Crippen LogP contribution in [-0.4, -0.2) is 13.6 Å². The maximum Gasteiger partial charge on any atom is 0.243 e. The second kappa shape index (κ2) is 5.45. The maximum absolute atomic E-state index is 13.8. The Morgan fingerprint density at radius 2 is 2.00 bits per heavy atom. The summed E-state index contributed by atoms with van der Waals surface area (Å²) in [5.41, 5.74) is 7.55. The molecule has 1 aromatic heterocycles. The molecule has 0 spiro atoms. The van der Waals surface area contributed by atoms with Gasteiger partial charge in [-0.1, -0.05) is 5.16 Å². The molecule has 0 saturated heterocycles. The Hall–Kier alpha value is -1.93. The van der Waals surface area contributed by atoms with Gasteiger partial charge in [-0.2, -0.15) is 0 Å². The summed E-state index contributed by atoms with van der Waals surface area (Å²) in [5.74, 6) is -0.327. The molecule has 8 heteroatoms. The highest BCUT2D eigenvalue weighted by Crippen LogP contribution is 2.22. The first-order valence-electron chi connectivity index (χ1n) is 6.19. The summed E-state index contributed by atoms with van der Waals surface area (Å²) in [5, 5.41) is 3.73. The van der Waals surface area contributed by atoms with Crippen LogP contribution in [0.15, 0.2) is 21.6 Å². The van der Waals surface area contributed by atoms with Gasteiger partial charge in [0.05, 0.1) is 5.69 Å². The van der Waals surface area contributed by atoms with Gasteiger partial charge < -0.3 is 10.3 Å². The first-order chi connectivity index (χ1) is 9.72. The zero-order valence-corrected chi connectivity index (χ0v) is 12.7. The molecule has 1 heterocycles. The van der Waals surface area contributed by atoms with E-state index in [0.29, 0.717) is 22.6 Å². The average Bonchev–Trinajstić information content (AvgIpc) is 2.71. The number of hydrogen-bond donors (Lipinski definition) is 2. The van der Waals surface area contributed by atoms with Gasteiger partial charge in [-0.25, -0.2) is 17.5 Å². The van der Waals surface area contributed by atoms with Crippen molar-refractivity contribution >= 4 is 15.7 Å². The lowest BCUT2D eigenvalue weighted by molar-refractivity contribution is 0.392. The second-order valence-electron chi connectivity index (χ2n) is 4.77. The molecule has 0 amide bonds. The van der Waals surface area contributed by atoms with Crippen molar-refractivity contribution < 1.29 is 17.3 Å². The van der Waals surface area contributed by atoms with Crippen LogP contribution in [0.4, 0.5) is 10.1 Å². The Kier molecular flexibility index (Phi) is 4.02. The third-order valence-corrected chi connectivity index (χ3v) is 4.65. The summed E-state index contributed by atoms with van der Waals surface area (Å²) in [7, 11) is -4.01. The normalized spacial score (nSPS) is 11.8. The van der Waals surface area contributed by atoms with Crippen LogP contribution in [0.3, 0.4) is 0 Å². The van der Waals surface area contributed by atoms with Crippen molar-refractivity contribution in [2.75, 3.05) is 5.73 Å². The summed E-state index contributed by atoms with van der Waals surface area (Å²) in [6.07, 6.45) is 0.